The fraction of sp³-hybridized carbons (Fsp3) is 0.783. The molecule has 4 amide bonds. The van der Waals surface area contributed by atoms with Crippen molar-refractivity contribution in [1.29, 1.82) is 0 Å². The minimum atomic E-state index is -1.64. The van der Waals surface area contributed by atoms with Gasteiger partial charge in [0.05, 0.1) is 13.2 Å². The zero-order chi connectivity index (χ0) is 29.0. The van der Waals surface area contributed by atoms with Gasteiger partial charge in [0.25, 0.3) is 0 Å². The lowest BCUT2D eigenvalue weighted by Crippen LogP contribution is -2.65. The van der Waals surface area contributed by atoms with Gasteiger partial charge in [-0.05, 0) is 26.7 Å². The Morgan fingerprint density at radius 2 is 1.74 bits per heavy atom. The topological polar surface area (TPSA) is 236 Å². The van der Waals surface area contributed by atoms with Crippen molar-refractivity contribution in [1.82, 2.24) is 16.0 Å². The number of aliphatic hydroxyl groups is 3. The fourth-order valence-corrected chi connectivity index (χ4v) is 3.58. The number of ether oxygens (including phenoxy) is 3. The Hall–Kier alpha value is -2.85. The van der Waals surface area contributed by atoms with Crippen LogP contribution in [-0.2, 0) is 38.2 Å². The van der Waals surface area contributed by atoms with E-state index >= 15 is 0 Å². The number of nitrogens with two attached hydrogens (primary N) is 1. The second-order valence-electron chi connectivity index (χ2n) is 9.02. The first-order valence-corrected chi connectivity index (χ1v) is 12.4. The zero-order valence-electron chi connectivity index (χ0n) is 22.0. The molecule has 1 saturated heterocycles. The summed E-state index contributed by atoms with van der Waals surface area (Å²) >= 11 is 0. The predicted molar refractivity (Wildman–Crippen MR) is 130 cm³/mol. The van der Waals surface area contributed by atoms with Crippen LogP contribution in [-0.4, -0.2) is 107 Å². The number of primary amides is 1. The molecule has 8 atom stereocenters. The summed E-state index contributed by atoms with van der Waals surface area (Å²) in [7, 11) is 0. The van der Waals surface area contributed by atoms with Crippen molar-refractivity contribution in [2.75, 3.05) is 13.2 Å². The zero-order valence-corrected chi connectivity index (χ0v) is 22.0. The number of amides is 4. The maximum Gasteiger partial charge on any atom is 0.328 e. The lowest BCUT2D eigenvalue weighted by Gasteiger charge is -2.43. The van der Waals surface area contributed by atoms with E-state index in [1.54, 1.807) is 0 Å². The van der Waals surface area contributed by atoms with Gasteiger partial charge in [-0.2, -0.15) is 0 Å². The van der Waals surface area contributed by atoms with Gasteiger partial charge in [0.2, 0.25) is 23.6 Å². The van der Waals surface area contributed by atoms with Gasteiger partial charge in [0.15, 0.2) is 6.29 Å². The summed E-state index contributed by atoms with van der Waals surface area (Å²) < 4.78 is 15.8. The van der Waals surface area contributed by atoms with Crippen molar-refractivity contribution in [3.63, 3.8) is 0 Å². The van der Waals surface area contributed by atoms with E-state index in [1.807, 2.05) is 6.92 Å². The summed E-state index contributed by atoms with van der Waals surface area (Å²) in [5.74, 6) is -3.51. The molecule has 8 N–H and O–H groups in total. The van der Waals surface area contributed by atoms with E-state index < -0.39 is 85.0 Å². The van der Waals surface area contributed by atoms with Crippen LogP contribution in [0.15, 0.2) is 0 Å². The molecule has 0 bridgehead atoms. The molecule has 1 aliphatic heterocycles. The summed E-state index contributed by atoms with van der Waals surface area (Å²) in [6, 6.07) is -3.58. The summed E-state index contributed by atoms with van der Waals surface area (Å²) in [6.45, 7) is 5.21. The molecule has 15 nitrogen and oxygen atoms in total. The molecule has 0 radical (unpaired) electrons. The molecule has 0 aliphatic carbocycles. The van der Waals surface area contributed by atoms with Gasteiger partial charge in [0.1, 0.15) is 42.5 Å². The van der Waals surface area contributed by atoms with Gasteiger partial charge < -0.3 is 51.2 Å². The lowest BCUT2D eigenvalue weighted by atomic mass is 9.96. The highest BCUT2D eigenvalue weighted by Gasteiger charge is 2.47. The Kier molecular flexibility index (Phi) is 14.1. The minimum absolute atomic E-state index is 0.0905. The second-order valence-corrected chi connectivity index (χ2v) is 9.02. The van der Waals surface area contributed by atoms with Crippen molar-refractivity contribution in [3.8, 4) is 0 Å². The summed E-state index contributed by atoms with van der Waals surface area (Å²) in [5.41, 5.74) is 5.15. The van der Waals surface area contributed by atoms with Crippen LogP contribution in [0.5, 0.6) is 0 Å². The third-order valence-corrected chi connectivity index (χ3v) is 5.75. The highest BCUT2D eigenvalue weighted by Crippen LogP contribution is 2.23. The molecule has 0 aromatic carbocycles. The average Bonchev–Trinajstić information content (AvgIpc) is 2.85. The van der Waals surface area contributed by atoms with Crippen molar-refractivity contribution >= 4 is 29.6 Å². The fourth-order valence-electron chi connectivity index (χ4n) is 3.58. The number of aliphatic hydroxyl groups excluding tert-OH is 3. The minimum Gasteiger partial charge on any atom is -0.464 e. The monoisotopic (exact) mass is 548 g/mol. The quantitative estimate of drug-likeness (QED) is 0.0801. The number of hydrogen-bond donors (Lipinski definition) is 7. The first-order chi connectivity index (χ1) is 17.8. The van der Waals surface area contributed by atoms with E-state index in [9.17, 15) is 39.3 Å². The average molecular weight is 549 g/mol. The van der Waals surface area contributed by atoms with Gasteiger partial charge in [-0.3, -0.25) is 19.2 Å². The van der Waals surface area contributed by atoms with Crippen LogP contribution < -0.4 is 21.7 Å². The number of carbonyl (C=O) groups is 5. The number of rotatable bonds is 15. The van der Waals surface area contributed by atoms with E-state index in [0.717, 1.165) is 6.42 Å². The van der Waals surface area contributed by atoms with Crippen molar-refractivity contribution in [2.24, 2.45) is 5.73 Å². The lowest BCUT2D eigenvalue weighted by molar-refractivity contribution is -0.266. The molecule has 38 heavy (non-hydrogen) atoms. The number of hydrogen-bond acceptors (Lipinski definition) is 11. The Morgan fingerprint density at radius 1 is 1.08 bits per heavy atom. The molecular formula is C23H40N4O11. The number of carbonyl (C=O) groups excluding carboxylic acids is 5. The first kappa shape index (κ1) is 33.2. The van der Waals surface area contributed by atoms with E-state index in [4.69, 9.17) is 19.9 Å². The van der Waals surface area contributed by atoms with Crippen LogP contribution in [0, 0.1) is 0 Å². The maximum atomic E-state index is 12.7. The molecule has 0 spiro atoms. The standard InChI is InChI=1S/C23H40N4O11/c1-5-6-9-36-22(34)14(7-8-16(24)30)27-20(32)11(2)25-21(33)12(3)37-19-17(26-13(4)29)23(35)38-15(10-28)18(19)31/h11-12,14-15,17-19,23,28,31,35H,5-10H2,1-4H3,(H2,24,30)(H,25,33)(H,26,29)(H,27,32). The van der Waals surface area contributed by atoms with Crippen LogP contribution in [0.1, 0.15) is 53.4 Å². The van der Waals surface area contributed by atoms with Crippen molar-refractivity contribution in [2.45, 2.75) is 102 Å². The van der Waals surface area contributed by atoms with Crippen LogP contribution in [0.4, 0.5) is 0 Å². The molecular weight excluding hydrogens is 508 g/mol. The number of esters is 1. The van der Waals surface area contributed by atoms with E-state index in [2.05, 4.69) is 16.0 Å². The third kappa shape index (κ3) is 10.5. The largest absolute Gasteiger partial charge is 0.464 e. The van der Waals surface area contributed by atoms with E-state index in [0.29, 0.717) is 6.42 Å². The Bertz CT molecular complexity index is 827. The second kappa shape index (κ2) is 16.2. The summed E-state index contributed by atoms with van der Waals surface area (Å²) in [5, 5.41) is 37.3. The van der Waals surface area contributed by atoms with E-state index in [1.165, 1.54) is 20.8 Å². The van der Waals surface area contributed by atoms with Crippen LogP contribution in [0.25, 0.3) is 0 Å². The molecule has 8 unspecified atom stereocenters. The number of unbranched alkanes of at least 4 members (excludes halogenated alkanes) is 1. The van der Waals surface area contributed by atoms with Crippen LogP contribution in [0.2, 0.25) is 0 Å². The normalized spacial score (nSPS) is 25.4. The van der Waals surface area contributed by atoms with Crippen molar-refractivity contribution < 1.29 is 53.5 Å². The van der Waals surface area contributed by atoms with Gasteiger partial charge in [-0.25, -0.2) is 4.79 Å². The Labute approximate surface area is 220 Å². The smallest absolute Gasteiger partial charge is 0.328 e. The van der Waals surface area contributed by atoms with Gasteiger partial charge in [-0.1, -0.05) is 13.3 Å². The summed E-state index contributed by atoms with van der Waals surface area (Å²) in [4.78, 5) is 60.5. The molecule has 1 rings (SSSR count). The molecule has 1 fully saturated rings. The number of nitrogens with one attached hydrogen (secondary N) is 3. The molecule has 0 aromatic rings. The molecule has 0 saturated carbocycles. The van der Waals surface area contributed by atoms with Gasteiger partial charge in [-0.15, -0.1) is 0 Å². The molecule has 15 heteroatoms. The Morgan fingerprint density at radius 3 is 2.29 bits per heavy atom. The van der Waals surface area contributed by atoms with Crippen molar-refractivity contribution in [3.05, 3.63) is 0 Å². The SMILES string of the molecule is CCCCOC(=O)C(CCC(N)=O)NC(=O)C(C)NC(=O)C(C)OC1C(O)C(CO)OC(O)C1NC(C)=O. The third-order valence-electron chi connectivity index (χ3n) is 5.75. The Balaban J connectivity index is 2.83. The molecule has 218 valence electrons. The van der Waals surface area contributed by atoms with E-state index in [-0.39, 0.29) is 19.4 Å². The maximum absolute atomic E-state index is 12.7. The first-order valence-electron chi connectivity index (χ1n) is 12.4. The van der Waals surface area contributed by atoms with Gasteiger partial charge in [0, 0.05) is 13.3 Å². The summed E-state index contributed by atoms with van der Waals surface area (Å²) in [6.07, 6.45) is -5.90. The highest BCUT2D eigenvalue weighted by molar-refractivity contribution is 5.91. The predicted octanol–water partition coefficient (Wildman–Crippen LogP) is -3.07. The molecule has 0 aromatic heterocycles. The van der Waals surface area contributed by atoms with Gasteiger partial charge >= 0.3 is 5.97 Å². The highest BCUT2D eigenvalue weighted by atomic mass is 16.6. The molecule has 1 heterocycles. The van der Waals surface area contributed by atoms with Crippen LogP contribution >= 0.6 is 0 Å². The molecule has 1 aliphatic rings. The van der Waals surface area contributed by atoms with Crippen LogP contribution in [0.3, 0.4) is 0 Å².